The molecule has 0 saturated heterocycles. The van der Waals surface area contributed by atoms with E-state index in [9.17, 15) is 0 Å². The maximum atomic E-state index is 5.21. The number of hydrogen-bond donors (Lipinski definition) is 2. The zero-order valence-electron chi connectivity index (χ0n) is 5.96. The van der Waals surface area contributed by atoms with Crippen molar-refractivity contribution in [1.82, 2.24) is 4.98 Å². The number of nitrogen functional groups attached to an aromatic ring is 1. The molecule has 3 nitrogen and oxygen atoms in total. The van der Waals surface area contributed by atoms with Gasteiger partial charge in [0.25, 0.3) is 0 Å². The molecule has 54 valence electrons. The Labute approximate surface area is 60.2 Å². The zero-order chi connectivity index (χ0) is 7.40. The molecule has 1 rings (SSSR count). The minimum atomic E-state index is 0.769. The summed E-state index contributed by atoms with van der Waals surface area (Å²) < 4.78 is 0. The van der Waals surface area contributed by atoms with Gasteiger partial charge in [0.15, 0.2) is 0 Å². The predicted octanol–water partition coefficient (Wildman–Crippen LogP) is 0.930. The molecular formula is C7H11N3. The van der Waals surface area contributed by atoms with E-state index in [-0.39, 0.29) is 0 Å². The van der Waals surface area contributed by atoms with E-state index in [0.29, 0.717) is 0 Å². The number of nitrogens with one attached hydrogen (secondary N) is 1. The van der Waals surface area contributed by atoms with E-state index in [4.69, 9.17) is 5.84 Å². The number of hydrogen-bond acceptors (Lipinski definition) is 3. The molecule has 0 aliphatic carbocycles. The zero-order valence-corrected chi connectivity index (χ0v) is 5.96. The van der Waals surface area contributed by atoms with Crippen molar-refractivity contribution in [2.75, 3.05) is 5.43 Å². The van der Waals surface area contributed by atoms with E-state index < -0.39 is 0 Å². The number of anilines is 1. The van der Waals surface area contributed by atoms with Crippen LogP contribution in [0.1, 0.15) is 12.5 Å². The van der Waals surface area contributed by atoms with E-state index in [2.05, 4.69) is 17.3 Å². The van der Waals surface area contributed by atoms with Gasteiger partial charge in [-0.05, 0) is 18.1 Å². The van der Waals surface area contributed by atoms with Crippen molar-refractivity contribution in [2.45, 2.75) is 13.3 Å². The molecule has 0 unspecified atom stereocenters. The summed E-state index contributed by atoms with van der Waals surface area (Å²) in [6, 6.07) is 3.90. The fourth-order valence-electron chi connectivity index (χ4n) is 0.854. The van der Waals surface area contributed by atoms with Gasteiger partial charge in [-0.15, -0.1) is 0 Å². The lowest BCUT2D eigenvalue weighted by molar-refractivity contribution is 1.09. The summed E-state index contributed by atoms with van der Waals surface area (Å²) in [5.74, 6) is 5.98. The molecule has 0 aliphatic rings. The number of nitrogens with zero attached hydrogens (tertiary/aromatic N) is 1. The molecular weight excluding hydrogens is 126 g/mol. The fraction of sp³-hybridized carbons (Fsp3) is 0.286. The van der Waals surface area contributed by atoms with Gasteiger partial charge in [0.2, 0.25) is 0 Å². The number of aromatic nitrogens is 1. The average Bonchev–Trinajstić information content (AvgIpc) is 2.04. The molecule has 1 heterocycles. The van der Waals surface area contributed by atoms with Gasteiger partial charge in [0, 0.05) is 6.20 Å². The Morgan fingerprint density at radius 1 is 1.70 bits per heavy atom. The van der Waals surface area contributed by atoms with Crippen LogP contribution in [0.3, 0.4) is 0 Å². The third-order valence-electron chi connectivity index (χ3n) is 1.41. The highest BCUT2D eigenvalue weighted by molar-refractivity contribution is 5.42. The van der Waals surface area contributed by atoms with Crippen LogP contribution >= 0.6 is 0 Å². The average molecular weight is 137 g/mol. The molecule has 0 aromatic carbocycles. The molecule has 0 bridgehead atoms. The van der Waals surface area contributed by atoms with Crippen LogP contribution in [-0.4, -0.2) is 4.98 Å². The van der Waals surface area contributed by atoms with Gasteiger partial charge in [-0.2, -0.15) is 0 Å². The van der Waals surface area contributed by atoms with Gasteiger partial charge < -0.3 is 5.43 Å². The van der Waals surface area contributed by atoms with E-state index in [0.717, 1.165) is 17.8 Å². The lowest BCUT2D eigenvalue weighted by Crippen LogP contribution is -2.10. The second-order valence-corrected chi connectivity index (χ2v) is 2.01. The van der Waals surface area contributed by atoms with Gasteiger partial charge >= 0.3 is 0 Å². The highest BCUT2D eigenvalue weighted by Crippen LogP contribution is 2.09. The van der Waals surface area contributed by atoms with Gasteiger partial charge in [0.1, 0.15) is 5.82 Å². The Morgan fingerprint density at radius 2 is 2.50 bits per heavy atom. The molecule has 1 aromatic rings. The van der Waals surface area contributed by atoms with E-state index >= 15 is 0 Å². The Balaban J connectivity index is 2.96. The van der Waals surface area contributed by atoms with E-state index in [1.165, 1.54) is 0 Å². The number of pyridine rings is 1. The second-order valence-electron chi connectivity index (χ2n) is 2.01. The first kappa shape index (κ1) is 7.02. The Bertz CT molecular complexity index is 187. The van der Waals surface area contributed by atoms with Crippen molar-refractivity contribution in [2.24, 2.45) is 5.84 Å². The molecule has 3 heteroatoms. The smallest absolute Gasteiger partial charge is 0.143 e. The van der Waals surface area contributed by atoms with Crippen molar-refractivity contribution in [1.29, 1.82) is 0 Å². The minimum Gasteiger partial charge on any atom is -0.308 e. The molecule has 0 radical (unpaired) electrons. The van der Waals surface area contributed by atoms with Gasteiger partial charge in [-0.25, -0.2) is 10.8 Å². The third-order valence-corrected chi connectivity index (χ3v) is 1.41. The molecule has 0 saturated carbocycles. The summed E-state index contributed by atoms with van der Waals surface area (Å²) in [6.45, 7) is 2.07. The summed E-state index contributed by atoms with van der Waals surface area (Å²) in [4.78, 5) is 4.03. The van der Waals surface area contributed by atoms with Crippen LogP contribution in [-0.2, 0) is 6.42 Å². The lowest BCUT2D eigenvalue weighted by atomic mass is 10.2. The molecule has 0 atom stereocenters. The topological polar surface area (TPSA) is 50.9 Å². The predicted molar refractivity (Wildman–Crippen MR) is 41.4 cm³/mol. The minimum absolute atomic E-state index is 0.769. The Kier molecular flexibility index (Phi) is 2.23. The van der Waals surface area contributed by atoms with Crippen LogP contribution < -0.4 is 11.3 Å². The van der Waals surface area contributed by atoms with Crippen molar-refractivity contribution < 1.29 is 0 Å². The van der Waals surface area contributed by atoms with Crippen LogP contribution in [0.2, 0.25) is 0 Å². The number of aryl methyl sites for hydroxylation is 1. The largest absolute Gasteiger partial charge is 0.308 e. The second kappa shape index (κ2) is 3.17. The quantitative estimate of drug-likeness (QED) is 0.471. The maximum absolute atomic E-state index is 5.21. The molecule has 10 heavy (non-hydrogen) atoms. The molecule has 0 spiro atoms. The highest BCUT2D eigenvalue weighted by Gasteiger charge is 1.95. The van der Waals surface area contributed by atoms with Crippen molar-refractivity contribution >= 4 is 5.82 Å². The first-order valence-corrected chi connectivity index (χ1v) is 3.29. The third kappa shape index (κ3) is 1.25. The summed E-state index contributed by atoms with van der Waals surface area (Å²) in [5.41, 5.74) is 3.68. The lowest BCUT2D eigenvalue weighted by Gasteiger charge is -2.02. The Morgan fingerprint density at radius 3 is 3.00 bits per heavy atom. The van der Waals surface area contributed by atoms with Gasteiger partial charge in [-0.1, -0.05) is 13.0 Å². The summed E-state index contributed by atoms with van der Waals surface area (Å²) >= 11 is 0. The molecule has 0 amide bonds. The number of rotatable bonds is 2. The molecule has 1 aromatic heterocycles. The normalized spacial score (nSPS) is 9.40. The standard InChI is InChI=1S/C7H11N3/c1-2-6-4-3-5-9-7(6)10-8/h3-5H,2,8H2,1H3,(H,9,10). The van der Waals surface area contributed by atoms with E-state index in [1.54, 1.807) is 6.20 Å². The Hall–Kier alpha value is -1.09. The number of nitrogens with two attached hydrogens (primary N) is 1. The van der Waals surface area contributed by atoms with Crippen LogP contribution in [0.4, 0.5) is 5.82 Å². The molecule has 3 N–H and O–H groups in total. The van der Waals surface area contributed by atoms with Crippen LogP contribution in [0, 0.1) is 0 Å². The summed E-state index contributed by atoms with van der Waals surface area (Å²) in [5, 5.41) is 0. The van der Waals surface area contributed by atoms with Crippen LogP contribution in [0.15, 0.2) is 18.3 Å². The van der Waals surface area contributed by atoms with E-state index in [1.807, 2.05) is 12.1 Å². The van der Waals surface area contributed by atoms with Crippen molar-refractivity contribution in [3.05, 3.63) is 23.9 Å². The van der Waals surface area contributed by atoms with Gasteiger partial charge in [0.05, 0.1) is 0 Å². The number of hydrazine groups is 1. The fourth-order valence-corrected chi connectivity index (χ4v) is 0.854. The highest BCUT2D eigenvalue weighted by atomic mass is 15.2. The SMILES string of the molecule is CCc1cccnc1NN. The molecule has 0 aliphatic heterocycles. The maximum Gasteiger partial charge on any atom is 0.143 e. The first-order valence-electron chi connectivity index (χ1n) is 3.29. The van der Waals surface area contributed by atoms with Crippen molar-refractivity contribution in [3.8, 4) is 0 Å². The monoisotopic (exact) mass is 137 g/mol. The first-order chi connectivity index (χ1) is 4.88. The van der Waals surface area contributed by atoms with Gasteiger partial charge in [-0.3, -0.25) is 0 Å². The summed E-state index contributed by atoms with van der Waals surface area (Å²) in [7, 11) is 0. The molecule has 0 fully saturated rings. The summed E-state index contributed by atoms with van der Waals surface area (Å²) in [6.07, 6.45) is 2.67. The van der Waals surface area contributed by atoms with Crippen LogP contribution in [0.5, 0.6) is 0 Å². The van der Waals surface area contributed by atoms with Crippen LogP contribution in [0.25, 0.3) is 0 Å². The van der Waals surface area contributed by atoms with Crippen molar-refractivity contribution in [3.63, 3.8) is 0 Å².